The number of carboxylic acids is 1. The van der Waals surface area contributed by atoms with Crippen LogP contribution in [0.4, 0.5) is 5.69 Å². The maximum atomic E-state index is 11.5. The van der Waals surface area contributed by atoms with Crippen molar-refractivity contribution in [3.8, 4) is 5.75 Å². The summed E-state index contributed by atoms with van der Waals surface area (Å²) in [6.45, 7) is 0.148. The van der Waals surface area contributed by atoms with Crippen LogP contribution in [0, 0.1) is 0 Å². The molecule has 0 saturated carbocycles. The van der Waals surface area contributed by atoms with Crippen molar-refractivity contribution < 1.29 is 24.2 Å². The van der Waals surface area contributed by atoms with E-state index in [-0.39, 0.29) is 12.5 Å². The summed E-state index contributed by atoms with van der Waals surface area (Å²) in [7, 11) is 0. The van der Waals surface area contributed by atoms with Gasteiger partial charge in [-0.1, -0.05) is 6.07 Å². The number of rotatable bonds is 8. The molecule has 1 rings (SSSR count). The Labute approximate surface area is 110 Å². The summed E-state index contributed by atoms with van der Waals surface area (Å²) < 4.78 is 9.97. The molecule has 0 saturated heterocycles. The van der Waals surface area contributed by atoms with Crippen LogP contribution in [-0.4, -0.2) is 43.3 Å². The average molecular weight is 268 g/mol. The van der Waals surface area contributed by atoms with Gasteiger partial charge in [0.25, 0.3) is 0 Å². The molecule has 0 unspecified atom stereocenters. The zero-order valence-corrected chi connectivity index (χ0v) is 10.3. The zero-order chi connectivity index (χ0) is 14.1. The number of carbonyl (C=O) groups excluding carboxylic acids is 1. The molecule has 1 aromatic carbocycles. The number of nitrogens with one attached hydrogen (secondary N) is 1. The smallest absolute Gasteiger partial charge is 0.341 e. The summed E-state index contributed by atoms with van der Waals surface area (Å²) in [5, 5.41) is 11.1. The SMILES string of the molecule is NCCOCC(=O)Nc1cccc(OCC(=O)O)c1. The van der Waals surface area contributed by atoms with Crippen LogP contribution in [0.25, 0.3) is 0 Å². The Morgan fingerprint density at radius 3 is 2.79 bits per heavy atom. The largest absolute Gasteiger partial charge is 0.482 e. The molecule has 0 aliphatic rings. The van der Waals surface area contributed by atoms with Crippen molar-refractivity contribution in [2.75, 3.05) is 31.7 Å². The summed E-state index contributed by atoms with van der Waals surface area (Å²) in [6, 6.07) is 6.44. The lowest BCUT2D eigenvalue weighted by Crippen LogP contribution is -2.20. The third-order valence-electron chi connectivity index (χ3n) is 1.98. The fourth-order valence-electron chi connectivity index (χ4n) is 1.25. The molecule has 0 atom stereocenters. The Morgan fingerprint density at radius 1 is 1.32 bits per heavy atom. The highest BCUT2D eigenvalue weighted by molar-refractivity contribution is 5.91. The van der Waals surface area contributed by atoms with E-state index in [1.807, 2.05) is 0 Å². The molecule has 0 radical (unpaired) electrons. The Kier molecular flexibility index (Phi) is 6.34. The van der Waals surface area contributed by atoms with Gasteiger partial charge in [0, 0.05) is 18.3 Å². The molecule has 7 heteroatoms. The van der Waals surface area contributed by atoms with Gasteiger partial charge in [0.2, 0.25) is 5.91 Å². The Bertz CT molecular complexity index is 436. The molecule has 7 nitrogen and oxygen atoms in total. The predicted molar refractivity (Wildman–Crippen MR) is 68.1 cm³/mol. The Hall–Kier alpha value is -2.12. The monoisotopic (exact) mass is 268 g/mol. The summed E-state index contributed by atoms with van der Waals surface area (Å²) in [5.74, 6) is -1.02. The minimum atomic E-state index is -1.07. The van der Waals surface area contributed by atoms with E-state index >= 15 is 0 Å². The number of carbonyl (C=O) groups is 2. The number of amides is 1. The second-order valence-corrected chi connectivity index (χ2v) is 3.60. The number of nitrogens with two attached hydrogens (primary N) is 1. The van der Waals surface area contributed by atoms with Crippen molar-refractivity contribution in [1.29, 1.82) is 0 Å². The fraction of sp³-hybridized carbons (Fsp3) is 0.333. The van der Waals surface area contributed by atoms with Gasteiger partial charge in [-0.15, -0.1) is 0 Å². The van der Waals surface area contributed by atoms with E-state index in [2.05, 4.69) is 5.32 Å². The molecule has 0 fully saturated rings. The molecule has 0 heterocycles. The first-order valence-corrected chi connectivity index (χ1v) is 5.64. The van der Waals surface area contributed by atoms with Crippen molar-refractivity contribution in [3.05, 3.63) is 24.3 Å². The summed E-state index contributed by atoms with van der Waals surface area (Å²) in [6.07, 6.45) is 0. The first-order valence-electron chi connectivity index (χ1n) is 5.64. The van der Waals surface area contributed by atoms with Gasteiger partial charge in [-0.25, -0.2) is 4.79 Å². The standard InChI is InChI=1S/C12H16N2O5/c13-4-5-18-7-11(15)14-9-2-1-3-10(6-9)19-8-12(16)17/h1-3,6H,4-5,7-8,13H2,(H,14,15)(H,16,17). The number of anilines is 1. The predicted octanol–water partition coefficient (Wildman–Crippen LogP) is 0.0638. The van der Waals surface area contributed by atoms with E-state index in [1.54, 1.807) is 18.2 Å². The maximum Gasteiger partial charge on any atom is 0.341 e. The molecule has 0 bridgehead atoms. The second kappa shape index (κ2) is 8.06. The zero-order valence-electron chi connectivity index (χ0n) is 10.3. The van der Waals surface area contributed by atoms with Crippen LogP contribution in [0.1, 0.15) is 0 Å². The lowest BCUT2D eigenvalue weighted by Gasteiger charge is -2.08. The fourth-order valence-corrected chi connectivity index (χ4v) is 1.25. The van der Waals surface area contributed by atoms with Gasteiger partial charge in [-0.05, 0) is 12.1 Å². The van der Waals surface area contributed by atoms with Gasteiger partial charge in [0.05, 0.1) is 6.61 Å². The highest BCUT2D eigenvalue weighted by Crippen LogP contribution is 2.17. The van der Waals surface area contributed by atoms with Crippen molar-refractivity contribution in [3.63, 3.8) is 0 Å². The van der Waals surface area contributed by atoms with Crippen LogP contribution < -0.4 is 15.8 Å². The van der Waals surface area contributed by atoms with Crippen LogP contribution in [0.5, 0.6) is 5.75 Å². The number of aliphatic carboxylic acids is 1. The van der Waals surface area contributed by atoms with E-state index in [1.165, 1.54) is 6.07 Å². The van der Waals surface area contributed by atoms with Crippen molar-refractivity contribution in [2.45, 2.75) is 0 Å². The van der Waals surface area contributed by atoms with Gasteiger partial charge in [0.1, 0.15) is 12.4 Å². The molecule has 1 amide bonds. The number of benzene rings is 1. The highest BCUT2D eigenvalue weighted by Gasteiger charge is 2.04. The lowest BCUT2D eigenvalue weighted by molar-refractivity contribution is -0.139. The van der Waals surface area contributed by atoms with Crippen LogP contribution >= 0.6 is 0 Å². The van der Waals surface area contributed by atoms with Gasteiger partial charge >= 0.3 is 5.97 Å². The molecule has 0 aromatic heterocycles. The molecule has 1 aromatic rings. The van der Waals surface area contributed by atoms with Gasteiger partial charge in [-0.3, -0.25) is 4.79 Å². The molecule has 0 spiro atoms. The third kappa shape index (κ3) is 6.39. The number of hydrogen-bond donors (Lipinski definition) is 3. The quantitative estimate of drug-likeness (QED) is 0.575. The summed E-state index contributed by atoms with van der Waals surface area (Å²) >= 11 is 0. The highest BCUT2D eigenvalue weighted by atomic mass is 16.5. The average Bonchev–Trinajstić information content (AvgIpc) is 2.37. The molecule has 0 aliphatic heterocycles. The minimum Gasteiger partial charge on any atom is -0.482 e. The first-order chi connectivity index (χ1) is 9.11. The summed E-state index contributed by atoms with van der Waals surface area (Å²) in [4.78, 5) is 21.8. The van der Waals surface area contributed by atoms with Crippen molar-refractivity contribution >= 4 is 17.6 Å². The van der Waals surface area contributed by atoms with E-state index in [4.69, 9.17) is 20.3 Å². The number of ether oxygens (including phenoxy) is 2. The molecule has 4 N–H and O–H groups in total. The van der Waals surface area contributed by atoms with Crippen molar-refractivity contribution in [1.82, 2.24) is 0 Å². The number of hydrogen-bond acceptors (Lipinski definition) is 5. The van der Waals surface area contributed by atoms with E-state index in [0.717, 1.165) is 0 Å². The Morgan fingerprint density at radius 2 is 2.11 bits per heavy atom. The lowest BCUT2D eigenvalue weighted by atomic mass is 10.3. The van der Waals surface area contributed by atoms with Crippen molar-refractivity contribution in [2.24, 2.45) is 5.73 Å². The van der Waals surface area contributed by atoms with E-state index in [9.17, 15) is 9.59 Å². The van der Waals surface area contributed by atoms with Crippen LogP contribution in [0.2, 0.25) is 0 Å². The van der Waals surface area contributed by atoms with Gasteiger partial charge in [0.15, 0.2) is 6.61 Å². The van der Waals surface area contributed by atoms with Gasteiger partial charge < -0.3 is 25.6 Å². The molecule has 0 aliphatic carbocycles. The topological polar surface area (TPSA) is 111 Å². The van der Waals surface area contributed by atoms with Gasteiger partial charge in [-0.2, -0.15) is 0 Å². The first kappa shape index (κ1) is 14.9. The maximum absolute atomic E-state index is 11.5. The molecule has 104 valence electrons. The Balaban J connectivity index is 2.47. The minimum absolute atomic E-state index is 0.0859. The number of carboxylic acid groups (broad SMARTS) is 1. The molecule has 19 heavy (non-hydrogen) atoms. The van der Waals surface area contributed by atoms with Crippen LogP contribution in [0.3, 0.4) is 0 Å². The normalized spacial score (nSPS) is 9.95. The summed E-state index contributed by atoms with van der Waals surface area (Å²) in [5.41, 5.74) is 5.73. The molecular formula is C12H16N2O5. The van der Waals surface area contributed by atoms with Crippen LogP contribution in [-0.2, 0) is 14.3 Å². The van der Waals surface area contributed by atoms with E-state index < -0.39 is 12.6 Å². The molecular weight excluding hydrogens is 252 g/mol. The van der Waals surface area contributed by atoms with Crippen LogP contribution in [0.15, 0.2) is 24.3 Å². The second-order valence-electron chi connectivity index (χ2n) is 3.60. The third-order valence-corrected chi connectivity index (χ3v) is 1.98. The van der Waals surface area contributed by atoms with E-state index in [0.29, 0.717) is 24.6 Å².